The van der Waals surface area contributed by atoms with Gasteiger partial charge in [-0.15, -0.1) is 0 Å². The largest absolute Gasteiger partial charge is 0.344 e. The van der Waals surface area contributed by atoms with Gasteiger partial charge >= 0.3 is 0 Å². The summed E-state index contributed by atoms with van der Waals surface area (Å²) in [6.07, 6.45) is 3.15. The van der Waals surface area contributed by atoms with E-state index in [1.165, 1.54) is 0 Å². The molecule has 0 saturated carbocycles. The van der Waals surface area contributed by atoms with Crippen molar-refractivity contribution in [1.82, 2.24) is 4.57 Å². The maximum Gasteiger partial charge on any atom is 0.229 e. The lowest BCUT2D eigenvalue weighted by Crippen LogP contribution is -2.09. The van der Waals surface area contributed by atoms with Crippen molar-refractivity contribution in [2.24, 2.45) is 0 Å². The summed E-state index contributed by atoms with van der Waals surface area (Å²) in [6.45, 7) is 4.12. The Morgan fingerprint density at radius 3 is 2.50 bits per heavy atom. The highest BCUT2D eigenvalue weighted by molar-refractivity contribution is 7.92. The number of fused-ring (bicyclic) bond motifs is 1. The Hall–Kier alpha value is -2.49. The van der Waals surface area contributed by atoms with Crippen LogP contribution >= 0.6 is 11.6 Å². The number of hydrogen-bond acceptors (Lipinski definition) is 3. The van der Waals surface area contributed by atoms with Crippen molar-refractivity contribution in [3.05, 3.63) is 53.2 Å². The van der Waals surface area contributed by atoms with Gasteiger partial charge in [-0.3, -0.25) is 4.72 Å². The topological polar surface area (TPSA) is 74.9 Å². The van der Waals surface area contributed by atoms with Crippen LogP contribution in [0.5, 0.6) is 0 Å². The van der Waals surface area contributed by atoms with E-state index < -0.39 is 10.0 Å². The molecule has 7 heteroatoms. The summed E-state index contributed by atoms with van der Waals surface area (Å²) in [4.78, 5) is 0. The number of nitrogens with zero attached hydrogens (tertiary/aromatic N) is 2. The van der Waals surface area contributed by atoms with E-state index in [1.807, 2.05) is 24.4 Å². The number of anilines is 1. The highest BCUT2D eigenvalue weighted by Gasteiger charge is 2.15. The Labute approximate surface area is 157 Å². The zero-order chi connectivity index (χ0) is 19.1. The lowest BCUT2D eigenvalue weighted by molar-refractivity contribution is 0.607. The molecule has 0 amide bonds. The van der Waals surface area contributed by atoms with Crippen LogP contribution in [0.1, 0.15) is 25.5 Å². The number of sulfonamides is 1. The minimum absolute atomic E-state index is 0.189. The fourth-order valence-electron chi connectivity index (χ4n) is 2.96. The molecule has 0 spiro atoms. The van der Waals surface area contributed by atoms with Crippen LogP contribution in [-0.4, -0.2) is 19.2 Å². The monoisotopic (exact) mass is 387 g/mol. The summed E-state index contributed by atoms with van der Waals surface area (Å²) in [6, 6.07) is 13.1. The fraction of sp³-hybridized carbons (Fsp3) is 0.211. The second kappa shape index (κ2) is 6.67. The molecule has 1 aromatic heterocycles. The molecule has 3 rings (SSSR count). The van der Waals surface area contributed by atoms with Crippen molar-refractivity contribution in [2.45, 2.75) is 19.9 Å². The number of benzene rings is 2. The minimum atomic E-state index is -3.34. The van der Waals surface area contributed by atoms with E-state index in [0.717, 1.165) is 28.3 Å². The highest BCUT2D eigenvalue weighted by Crippen LogP contribution is 2.35. The molecule has 134 valence electrons. The quantitative estimate of drug-likeness (QED) is 0.699. The van der Waals surface area contributed by atoms with Crippen LogP contribution in [0.15, 0.2) is 42.6 Å². The normalized spacial score (nSPS) is 11.7. The second-order valence-corrected chi connectivity index (χ2v) is 8.61. The smallest absolute Gasteiger partial charge is 0.229 e. The first-order chi connectivity index (χ1) is 12.2. The number of nitriles is 1. The van der Waals surface area contributed by atoms with Crippen LogP contribution < -0.4 is 4.72 Å². The Morgan fingerprint density at radius 1 is 1.19 bits per heavy atom. The number of hydrogen-bond donors (Lipinski definition) is 1. The van der Waals surface area contributed by atoms with E-state index >= 15 is 0 Å². The summed E-state index contributed by atoms with van der Waals surface area (Å²) < 4.78 is 27.6. The van der Waals surface area contributed by atoms with Gasteiger partial charge in [0.1, 0.15) is 6.07 Å². The van der Waals surface area contributed by atoms with Crippen molar-refractivity contribution in [1.29, 1.82) is 5.26 Å². The van der Waals surface area contributed by atoms with Crippen molar-refractivity contribution >= 4 is 38.2 Å². The molecule has 1 N–H and O–H groups in total. The molecule has 1 heterocycles. The SMILES string of the molecule is CC(C)n1cc(-c2ccc(C#N)c(Cl)c2)c2ccc(NS(C)(=O)=O)cc21. The Kier molecular flexibility index (Phi) is 4.70. The minimum Gasteiger partial charge on any atom is -0.344 e. The van der Waals surface area contributed by atoms with E-state index in [9.17, 15) is 8.42 Å². The molecular weight excluding hydrogens is 370 g/mol. The molecule has 0 aliphatic heterocycles. The van der Waals surface area contributed by atoms with Gasteiger partial charge in [0.05, 0.1) is 28.0 Å². The molecule has 3 aromatic rings. The van der Waals surface area contributed by atoms with E-state index in [2.05, 4.69) is 29.2 Å². The van der Waals surface area contributed by atoms with E-state index in [4.69, 9.17) is 16.9 Å². The third kappa shape index (κ3) is 3.55. The lowest BCUT2D eigenvalue weighted by atomic mass is 10.0. The first-order valence-corrected chi connectivity index (χ1v) is 10.3. The fourth-order valence-corrected chi connectivity index (χ4v) is 3.74. The molecule has 0 atom stereocenters. The Bertz CT molecular complexity index is 1140. The molecule has 2 aromatic carbocycles. The molecule has 0 fully saturated rings. The van der Waals surface area contributed by atoms with Crippen molar-refractivity contribution in [3.8, 4) is 17.2 Å². The van der Waals surface area contributed by atoms with Crippen LogP contribution in [0.25, 0.3) is 22.0 Å². The molecule has 0 aliphatic carbocycles. The Balaban J connectivity index is 2.21. The first-order valence-electron chi connectivity index (χ1n) is 8.02. The summed E-state index contributed by atoms with van der Waals surface area (Å²) >= 11 is 6.19. The number of nitrogens with one attached hydrogen (secondary N) is 1. The first kappa shape index (κ1) is 18.3. The van der Waals surface area contributed by atoms with Crippen LogP contribution in [0, 0.1) is 11.3 Å². The molecule has 0 radical (unpaired) electrons. The zero-order valence-electron chi connectivity index (χ0n) is 14.6. The van der Waals surface area contributed by atoms with Gasteiger partial charge in [0, 0.05) is 23.2 Å². The highest BCUT2D eigenvalue weighted by atomic mass is 35.5. The summed E-state index contributed by atoms with van der Waals surface area (Å²) in [5, 5.41) is 10.5. The summed E-state index contributed by atoms with van der Waals surface area (Å²) in [5.41, 5.74) is 3.75. The maximum absolute atomic E-state index is 11.5. The molecule has 26 heavy (non-hydrogen) atoms. The van der Waals surface area contributed by atoms with Gasteiger partial charge in [-0.25, -0.2) is 8.42 Å². The van der Waals surface area contributed by atoms with Crippen LogP contribution in [0.4, 0.5) is 5.69 Å². The van der Waals surface area contributed by atoms with Crippen LogP contribution in [-0.2, 0) is 10.0 Å². The van der Waals surface area contributed by atoms with Crippen molar-refractivity contribution < 1.29 is 8.42 Å². The van der Waals surface area contributed by atoms with Crippen LogP contribution in [0.2, 0.25) is 5.02 Å². The van der Waals surface area contributed by atoms with E-state index in [1.54, 1.807) is 18.2 Å². The molecule has 0 bridgehead atoms. The summed E-state index contributed by atoms with van der Waals surface area (Å²) in [5.74, 6) is 0. The van der Waals surface area contributed by atoms with Gasteiger partial charge in [0.15, 0.2) is 0 Å². The summed E-state index contributed by atoms with van der Waals surface area (Å²) in [7, 11) is -3.34. The molecule has 0 aliphatic rings. The average Bonchev–Trinajstić information content (AvgIpc) is 2.92. The van der Waals surface area contributed by atoms with Gasteiger partial charge in [-0.1, -0.05) is 23.7 Å². The third-order valence-corrected chi connectivity index (χ3v) is 5.01. The molecule has 0 unspecified atom stereocenters. The van der Waals surface area contributed by atoms with Gasteiger partial charge in [-0.2, -0.15) is 5.26 Å². The number of aromatic nitrogens is 1. The zero-order valence-corrected chi connectivity index (χ0v) is 16.2. The predicted molar refractivity (Wildman–Crippen MR) is 106 cm³/mol. The maximum atomic E-state index is 11.5. The average molecular weight is 388 g/mol. The molecular formula is C19H18ClN3O2S. The molecule has 0 saturated heterocycles. The van der Waals surface area contributed by atoms with Crippen molar-refractivity contribution in [2.75, 3.05) is 11.0 Å². The Morgan fingerprint density at radius 2 is 1.92 bits per heavy atom. The molecule has 5 nitrogen and oxygen atoms in total. The van der Waals surface area contributed by atoms with E-state index in [-0.39, 0.29) is 6.04 Å². The predicted octanol–water partition coefficient (Wildman–Crippen LogP) is 4.79. The third-order valence-electron chi connectivity index (χ3n) is 4.09. The second-order valence-electron chi connectivity index (χ2n) is 6.46. The van der Waals surface area contributed by atoms with Crippen LogP contribution in [0.3, 0.4) is 0 Å². The van der Waals surface area contributed by atoms with Gasteiger partial charge in [0.25, 0.3) is 0 Å². The standard InChI is InChI=1S/C19H18ClN3O2S/c1-12(2)23-11-17(13-4-5-14(10-21)18(20)8-13)16-7-6-15(9-19(16)23)22-26(3,24)25/h4-9,11-12,22H,1-3H3. The van der Waals surface area contributed by atoms with Gasteiger partial charge in [0.2, 0.25) is 10.0 Å². The van der Waals surface area contributed by atoms with Crippen molar-refractivity contribution in [3.63, 3.8) is 0 Å². The number of rotatable bonds is 4. The van der Waals surface area contributed by atoms with Gasteiger partial charge in [-0.05, 0) is 43.7 Å². The van der Waals surface area contributed by atoms with Gasteiger partial charge < -0.3 is 4.57 Å². The van der Waals surface area contributed by atoms with E-state index in [0.29, 0.717) is 16.3 Å². The number of halogens is 1. The lowest BCUT2D eigenvalue weighted by Gasteiger charge is -2.10.